The molecule has 0 amide bonds. The smallest absolute Gasteiger partial charge is 0.0184 e. The Morgan fingerprint density at radius 3 is 0.950 bits per heavy atom. The van der Waals surface area contributed by atoms with E-state index in [-0.39, 0.29) is 4.92 Å². The summed E-state index contributed by atoms with van der Waals surface area (Å²) in [5.74, 6) is 0. The van der Waals surface area contributed by atoms with Crippen LogP contribution in [0, 0.1) is 0 Å². The van der Waals surface area contributed by atoms with E-state index in [1.54, 1.807) is 0 Å². The van der Waals surface area contributed by atoms with Gasteiger partial charge in [0.25, 0.3) is 0 Å². The predicted octanol–water partition coefficient (Wildman–Crippen LogP) is 8.06. The Kier molecular flexibility index (Phi) is 21.4. The van der Waals surface area contributed by atoms with Crippen molar-refractivity contribution in [2.24, 2.45) is 0 Å². The number of halogens is 3. The Hall–Kier alpha value is 1.21. The molecule has 0 saturated heterocycles. The van der Waals surface area contributed by atoms with Gasteiger partial charge in [-0.1, -0.05) is 88.4 Å². The molecule has 0 N–H and O–H groups in total. The minimum absolute atomic E-state index is 0.278. The van der Waals surface area contributed by atoms with Crippen molar-refractivity contribution in [1.29, 1.82) is 0 Å². The van der Waals surface area contributed by atoms with Gasteiger partial charge in [0.05, 0.1) is 0 Å². The molecule has 0 bridgehead atoms. The van der Waals surface area contributed by atoms with E-state index in [1.165, 1.54) is 11.1 Å². The zero-order chi connectivity index (χ0) is 15.8. The van der Waals surface area contributed by atoms with E-state index in [0.29, 0.717) is 0 Å². The molecule has 0 nitrogen and oxygen atoms in total. The third kappa shape index (κ3) is 14.2. The van der Waals surface area contributed by atoms with Gasteiger partial charge in [-0.15, -0.1) is 0 Å². The maximum Gasteiger partial charge on any atom is -0.0184 e. The summed E-state index contributed by atoms with van der Waals surface area (Å²) in [6.45, 7) is 8.00. The first-order valence-corrected chi connectivity index (χ1v) is 20.1. The SMILES string of the molecule is CC.CC.[I][V]([I])[I].c1ccc(-c2ccccc2)cc1. The summed E-state index contributed by atoms with van der Waals surface area (Å²) >= 11 is 7.39. The first kappa shape index (κ1) is 23.5. The third-order valence-electron chi connectivity index (χ3n) is 1.88. The molecule has 4 heteroatoms. The summed E-state index contributed by atoms with van der Waals surface area (Å²) in [6.07, 6.45) is 0. The van der Waals surface area contributed by atoms with E-state index in [4.69, 9.17) is 0 Å². The molecule has 0 spiro atoms. The fraction of sp³-hybridized carbons (Fsp3) is 0.250. The van der Waals surface area contributed by atoms with Crippen LogP contribution in [0.1, 0.15) is 27.7 Å². The van der Waals surface area contributed by atoms with Crippen LogP contribution in [0.15, 0.2) is 60.7 Å². The molecule has 20 heavy (non-hydrogen) atoms. The molecule has 2 aromatic carbocycles. The second kappa shape index (κ2) is 18.3. The largest absolute Gasteiger partial charge is 0.0622 e. The van der Waals surface area contributed by atoms with Gasteiger partial charge in [0.1, 0.15) is 0 Å². The molecule has 0 aromatic heterocycles. The maximum atomic E-state index is 2.46. The van der Waals surface area contributed by atoms with Crippen LogP contribution in [0.4, 0.5) is 0 Å². The molecule has 0 unspecified atom stereocenters. The van der Waals surface area contributed by atoms with E-state index in [9.17, 15) is 0 Å². The van der Waals surface area contributed by atoms with Crippen molar-refractivity contribution in [1.82, 2.24) is 0 Å². The minimum Gasteiger partial charge on any atom is -0.0622 e. The van der Waals surface area contributed by atoms with Crippen molar-refractivity contribution in [2.75, 3.05) is 0 Å². The van der Waals surface area contributed by atoms with Crippen LogP contribution in [-0.2, 0) is 4.92 Å². The molecule has 0 aliphatic heterocycles. The molecule has 0 atom stereocenters. The second-order valence-corrected chi connectivity index (χ2v) is 38.3. The fourth-order valence-electron chi connectivity index (χ4n) is 1.26. The molecule has 0 saturated carbocycles. The monoisotopic (exact) mass is 646 g/mol. The summed E-state index contributed by atoms with van der Waals surface area (Å²) in [6, 6.07) is 20.8. The summed E-state index contributed by atoms with van der Waals surface area (Å²) in [5, 5.41) is 0. The zero-order valence-electron chi connectivity index (χ0n) is 12.4. The molecular weight excluding hydrogens is 624 g/mol. The number of rotatable bonds is 1. The van der Waals surface area contributed by atoms with Crippen molar-refractivity contribution in [3.63, 3.8) is 0 Å². The zero-order valence-corrected chi connectivity index (χ0v) is 20.2. The second-order valence-electron chi connectivity index (χ2n) is 2.92. The van der Waals surface area contributed by atoms with Crippen LogP contribution in [0.25, 0.3) is 11.1 Å². The van der Waals surface area contributed by atoms with Crippen LogP contribution >= 0.6 is 59.9 Å². The summed E-state index contributed by atoms with van der Waals surface area (Å²) in [5.41, 5.74) is 2.55. The standard InChI is InChI=1S/C12H10.2C2H6.3HI.V/c1-3-7-11(8-4-1)12-9-5-2-6-10-12;2*1-2;;;;/h1-10H;2*1-2H3;3*1H;/q;;;;;;+3/p-3. The average molecular weight is 646 g/mol. The first-order chi connectivity index (χ1) is 9.70. The molecule has 2 aromatic rings. The molecule has 0 aliphatic rings. The fourth-order valence-corrected chi connectivity index (χ4v) is 1.26. The maximum absolute atomic E-state index is 2.46. The van der Waals surface area contributed by atoms with E-state index in [0.717, 1.165) is 0 Å². The van der Waals surface area contributed by atoms with Gasteiger partial charge in [-0.2, -0.15) is 0 Å². The van der Waals surface area contributed by atoms with Crippen LogP contribution in [0.3, 0.4) is 0 Å². The van der Waals surface area contributed by atoms with Gasteiger partial charge in [0, 0.05) is 0 Å². The summed E-state index contributed by atoms with van der Waals surface area (Å²) < 4.78 is 0. The number of hydrogen-bond donors (Lipinski definition) is 0. The van der Waals surface area contributed by atoms with Crippen molar-refractivity contribution >= 4 is 59.9 Å². The molecule has 0 radical (unpaired) electrons. The van der Waals surface area contributed by atoms with E-state index < -0.39 is 0 Å². The summed E-state index contributed by atoms with van der Waals surface area (Å²) in [7, 11) is 0. The Labute approximate surface area is 162 Å². The normalized spacial score (nSPS) is 8.20. The Bertz CT molecular complexity index is 351. The molecule has 0 heterocycles. The van der Waals surface area contributed by atoms with Gasteiger partial charge < -0.3 is 0 Å². The van der Waals surface area contributed by atoms with Gasteiger partial charge in [-0.25, -0.2) is 0 Å². The van der Waals surface area contributed by atoms with Gasteiger partial charge in [-0.05, 0) is 11.1 Å². The van der Waals surface area contributed by atoms with Crippen LogP contribution in [-0.4, -0.2) is 0 Å². The molecule has 112 valence electrons. The van der Waals surface area contributed by atoms with Crippen molar-refractivity contribution < 1.29 is 4.92 Å². The van der Waals surface area contributed by atoms with Crippen molar-refractivity contribution in [3.05, 3.63) is 60.7 Å². The Morgan fingerprint density at radius 1 is 0.550 bits per heavy atom. The predicted molar refractivity (Wildman–Crippen MR) is 117 cm³/mol. The third-order valence-corrected chi connectivity index (χ3v) is 1.88. The van der Waals surface area contributed by atoms with Crippen molar-refractivity contribution in [3.8, 4) is 11.1 Å². The van der Waals surface area contributed by atoms with E-state index in [1.807, 2.05) is 39.8 Å². The van der Waals surface area contributed by atoms with Gasteiger partial charge in [-0.3, -0.25) is 0 Å². The number of benzene rings is 2. The Morgan fingerprint density at radius 2 is 0.750 bits per heavy atom. The number of hydrogen-bond acceptors (Lipinski definition) is 0. The van der Waals surface area contributed by atoms with E-state index in [2.05, 4.69) is 108 Å². The molecule has 2 rings (SSSR count). The molecule has 0 aliphatic carbocycles. The van der Waals surface area contributed by atoms with Crippen molar-refractivity contribution in [2.45, 2.75) is 27.7 Å². The van der Waals surface area contributed by atoms with Crippen LogP contribution in [0.5, 0.6) is 0 Å². The quantitative estimate of drug-likeness (QED) is 0.275. The molecular formula is C16H22I3V. The van der Waals surface area contributed by atoms with Gasteiger partial charge in [0.2, 0.25) is 0 Å². The van der Waals surface area contributed by atoms with E-state index >= 15 is 0 Å². The average Bonchev–Trinajstić information content (AvgIpc) is 2.52. The van der Waals surface area contributed by atoms with Gasteiger partial charge >= 0.3 is 64.9 Å². The molecule has 0 fully saturated rings. The summed E-state index contributed by atoms with van der Waals surface area (Å²) in [4.78, 5) is -0.278. The minimum atomic E-state index is -0.278. The topological polar surface area (TPSA) is 0 Å². The van der Waals surface area contributed by atoms with Crippen LogP contribution < -0.4 is 0 Å². The van der Waals surface area contributed by atoms with Crippen LogP contribution in [0.2, 0.25) is 0 Å². The first-order valence-electron chi connectivity index (χ1n) is 6.58. The van der Waals surface area contributed by atoms with Gasteiger partial charge in [0.15, 0.2) is 0 Å². The Balaban J connectivity index is 0.